The van der Waals surface area contributed by atoms with E-state index in [1.807, 2.05) is 6.92 Å². The smallest absolute Gasteiger partial charge is 0.305 e. The van der Waals surface area contributed by atoms with Gasteiger partial charge in [0.2, 0.25) is 0 Å². The van der Waals surface area contributed by atoms with Gasteiger partial charge in [0, 0.05) is 6.42 Å². The Kier molecular flexibility index (Phi) is 3.27. The van der Waals surface area contributed by atoms with E-state index in [1.54, 1.807) is 0 Å². The summed E-state index contributed by atoms with van der Waals surface area (Å²) in [4.78, 5) is 11.1. The average Bonchev–Trinajstić information content (AvgIpc) is 2.79. The van der Waals surface area contributed by atoms with Crippen molar-refractivity contribution in [2.45, 2.75) is 52.9 Å². The molecule has 0 spiro atoms. The molecule has 3 atom stereocenters. The number of ether oxygens (including phenoxy) is 1. The molecular weight excluding hydrogens is 200 g/mol. The Hall–Kier alpha value is -0.530. The highest BCUT2D eigenvalue weighted by molar-refractivity contribution is 5.68. The Bertz CT molecular complexity index is 270. The maximum atomic E-state index is 11.1. The van der Waals surface area contributed by atoms with Crippen LogP contribution in [0.15, 0.2) is 0 Å². The molecule has 0 radical (unpaired) electrons. The van der Waals surface area contributed by atoms with Crippen molar-refractivity contribution in [3.63, 3.8) is 0 Å². The number of hydrogen-bond acceptors (Lipinski definition) is 2. The molecule has 0 aliphatic heterocycles. The largest absolute Gasteiger partial charge is 0.466 e. The van der Waals surface area contributed by atoms with E-state index in [9.17, 15) is 4.79 Å². The lowest BCUT2D eigenvalue weighted by Crippen LogP contribution is -2.31. The second-order valence-electron chi connectivity index (χ2n) is 6.06. The minimum absolute atomic E-state index is 0.0547. The van der Waals surface area contributed by atoms with Crippen molar-refractivity contribution in [3.05, 3.63) is 0 Å². The third-order valence-electron chi connectivity index (χ3n) is 5.03. The molecule has 2 nitrogen and oxygen atoms in total. The van der Waals surface area contributed by atoms with Crippen LogP contribution < -0.4 is 0 Å². The van der Waals surface area contributed by atoms with Gasteiger partial charge in [-0.1, -0.05) is 20.8 Å². The van der Waals surface area contributed by atoms with Crippen molar-refractivity contribution < 1.29 is 9.53 Å². The minimum atomic E-state index is -0.0547. The van der Waals surface area contributed by atoms with Gasteiger partial charge in [-0.15, -0.1) is 0 Å². The maximum absolute atomic E-state index is 11.1. The molecule has 2 aliphatic rings. The molecule has 2 fully saturated rings. The van der Waals surface area contributed by atoms with Crippen LogP contribution in [-0.4, -0.2) is 12.6 Å². The normalized spacial score (nSPS) is 35.3. The van der Waals surface area contributed by atoms with Gasteiger partial charge >= 0.3 is 5.97 Å². The van der Waals surface area contributed by atoms with Crippen LogP contribution in [-0.2, 0) is 9.53 Å². The zero-order chi connectivity index (χ0) is 11.8. The molecule has 0 N–H and O–H groups in total. The third-order valence-corrected chi connectivity index (χ3v) is 5.03. The van der Waals surface area contributed by atoms with Gasteiger partial charge in [-0.3, -0.25) is 4.79 Å². The number of rotatable bonds is 4. The Morgan fingerprint density at radius 3 is 2.69 bits per heavy atom. The zero-order valence-corrected chi connectivity index (χ0v) is 10.8. The molecule has 16 heavy (non-hydrogen) atoms. The molecule has 2 rings (SSSR count). The average molecular weight is 224 g/mol. The molecule has 0 saturated heterocycles. The van der Waals surface area contributed by atoms with Gasteiger partial charge in [0.05, 0.1) is 6.61 Å². The molecule has 0 aromatic rings. The molecule has 2 aliphatic carbocycles. The van der Waals surface area contributed by atoms with Crippen LogP contribution in [0.5, 0.6) is 0 Å². The second kappa shape index (κ2) is 4.38. The Morgan fingerprint density at radius 2 is 2.12 bits per heavy atom. The summed E-state index contributed by atoms with van der Waals surface area (Å²) in [5.41, 5.74) is 0.474. The summed E-state index contributed by atoms with van der Waals surface area (Å²) in [6.07, 6.45) is 5.81. The molecule has 3 unspecified atom stereocenters. The summed E-state index contributed by atoms with van der Waals surface area (Å²) in [6, 6.07) is 0. The van der Waals surface area contributed by atoms with E-state index >= 15 is 0 Å². The van der Waals surface area contributed by atoms with Crippen LogP contribution in [0.2, 0.25) is 0 Å². The first-order valence-corrected chi connectivity index (χ1v) is 6.71. The topological polar surface area (TPSA) is 26.3 Å². The van der Waals surface area contributed by atoms with Crippen LogP contribution >= 0.6 is 0 Å². The van der Waals surface area contributed by atoms with E-state index in [1.165, 1.54) is 19.3 Å². The summed E-state index contributed by atoms with van der Waals surface area (Å²) in [6.45, 7) is 7.29. The Labute approximate surface area is 98.7 Å². The SMILES string of the molecule is CCC(=O)OCCC1C2CCC(C2)C1(C)C. The lowest BCUT2D eigenvalue weighted by molar-refractivity contribution is -0.144. The number of carbonyl (C=O) groups is 1. The highest BCUT2D eigenvalue weighted by atomic mass is 16.5. The van der Waals surface area contributed by atoms with Crippen molar-refractivity contribution in [3.8, 4) is 0 Å². The van der Waals surface area contributed by atoms with Crippen LogP contribution in [0.25, 0.3) is 0 Å². The van der Waals surface area contributed by atoms with E-state index in [0.717, 1.165) is 24.2 Å². The fourth-order valence-electron chi connectivity index (χ4n) is 3.98. The molecule has 0 heterocycles. The molecule has 92 valence electrons. The summed E-state index contributed by atoms with van der Waals surface area (Å²) in [7, 11) is 0. The van der Waals surface area contributed by atoms with E-state index in [0.29, 0.717) is 18.4 Å². The van der Waals surface area contributed by atoms with Crippen LogP contribution in [0.1, 0.15) is 52.9 Å². The van der Waals surface area contributed by atoms with Gasteiger partial charge in [0.25, 0.3) is 0 Å². The third kappa shape index (κ3) is 1.99. The predicted molar refractivity (Wildman–Crippen MR) is 64.0 cm³/mol. The van der Waals surface area contributed by atoms with Gasteiger partial charge in [0.1, 0.15) is 0 Å². The van der Waals surface area contributed by atoms with Gasteiger partial charge in [-0.05, 0) is 48.9 Å². The van der Waals surface area contributed by atoms with Crippen molar-refractivity contribution in [1.82, 2.24) is 0 Å². The lowest BCUT2D eigenvalue weighted by atomic mass is 9.67. The molecule has 2 bridgehead atoms. The van der Waals surface area contributed by atoms with E-state index < -0.39 is 0 Å². The lowest BCUT2D eigenvalue weighted by Gasteiger charge is -2.38. The van der Waals surface area contributed by atoms with Crippen LogP contribution in [0.4, 0.5) is 0 Å². The predicted octanol–water partition coefficient (Wildman–Crippen LogP) is 3.40. The summed E-state index contributed by atoms with van der Waals surface area (Å²) in [5, 5.41) is 0. The second-order valence-corrected chi connectivity index (χ2v) is 6.06. The van der Waals surface area contributed by atoms with Gasteiger partial charge in [0.15, 0.2) is 0 Å². The van der Waals surface area contributed by atoms with Crippen molar-refractivity contribution >= 4 is 5.97 Å². The molecular formula is C14H24O2. The number of carbonyl (C=O) groups excluding carboxylic acids is 1. The number of hydrogen-bond donors (Lipinski definition) is 0. The van der Waals surface area contributed by atoms with Crippen molar-refractivity contribution in [2.75, 3.05) is 6.61 Å². The Morgan fingerprint density at radius 1 is 1.38 bits per heavy atom. The standard InChI is InChI=1S/C14H24O2/c1-4-13(15)16-8-7-12-10-5-6-11(9-10)14(12,2)3/h10-12H,4-9H2,1-3H3. The highest BCUT2D eigenvalue weighted by Crippen LogP contribution is 2.60. The van der Waals surface area contributed by atoms with E-state index in [4.69, 9.17) is 4.74 Å². The number of fused-ring (bicyclic) bond motifs is 2. The summed E-state index contributed by atoms with van der Waals surface area (Å²) < 4.78 is 5.22. The molecule has 0 aromatic heterocycles. The quantitative estimate of drug-likeness (QED) is 0.684. The van der Waals surface area contributed by atoms with Crippen molar-refractivity contribution in [2.24, 2.45) is 23.2 Å². The van der Waals surface area contributed by atoms with Crippen LogP contribution in [0.3, 0.4) is 0 Å². The molecule has 2 heteroatoms. The Balaban J connectivity index is 1.83. The van der Waals surface area contributed by atoms with Gasteiger partial charge < -0.3 is 4.74 Å². The fraction of sp³-hybridized carbons (Fsp3) is 0.929. The van der Waals surface area contributed by atoms with Gasteiger partial charge in [-0.25, -0.2) is 0 Å². The molecule has 0 aromatic carbocycles. The van der Waals surface area contributed by atoms with Crippen molar-refractivity contribution in [1.29, 1.82) is 0 Å². The monoisotopic (exact) mass is 224 g/mol. The zero-order valence-electron chi connectivity index (χ0n) is 10.8. The fourth-order valence-corrected chi connectivity index (χ4v) is 3.98. The number of esters is 1. The van der Waals surface area contributed by atoms with Crippen LogP contribution in [0, 0.1) is 23.2 Å². The summed E-state index contributed by atoms with van der Waals surface area (Å²) >= 11 is 0. The first kappa shape index (κ1) is 11.9. The van der Waals surface area contributed by atoms with Gasteiger partial charge in [-0.2, -0.15) is 0 Å². The van der Waals surface area contributed by atoms with E-state index in [2.05, 4.69) is 13.8 Å². The highest BCUT2D eigenvalue weighted by Gasteiger charge is 2.51. The maximum Gasteiger partial charge on any atom is 0.305 e. The molecule has 2 saturated carbocycles. The first-order valence-electron chi connectivity index (χ1n) is 6.71. The summed E-state index contributed by atoms with van der Waals surface area (Å²) in [5.74, 6) is 2.54. The first-order chi connectivity index (χ1) is 7.55. The minimum Gasteiger partial charge on any atom is -0.466 e. The molecule has 0 amide bonds. The van der Waals surface area contributed by atoms with E-state index in [-0.39, 0.29) is 5.97 Å².